The Hall–Kier alpha value is -3.47. The average molecular weight is 402 g/mol. The van der Waals surface area contributed by atoms with Crippen LogP contribution in [0.2, 0.25) is 0 Å². The fourth-order valence-corrected chi connectivity index (χ4v) is 3.58. The van der Waals surface area contributed by atoms with Crippen LogP contribution in [0.15, 0.2) is 77.9 Å². The molecule has 0 fully saturated rings. The van der Waals surface area contributed by atoms with Crippen LogP contribution in [-0.2, 0) is 13.0 Å². The number of ether oxygens (including phenoxy) is 1. The third-order valence-corrected chi connectivity index (χ3v) is 5.17. The Bertz CT molecular complexity index is 1060. The number of hydrogen-bond acceptors (Lipinski definition) is 3. The van der Waals surface area contributed by atoms with Gasteiger partial charge in [-0.2, -0.15) is 5.10 Å². The first-order valence-corrected chi connectivity index (χ1v) is 10.1. The molecule has 1 aliphatic rings. The standard InChI is InChI=1S/C25H23FN2O2/c26-20-15-13-18(14-16-20)17-30-24-12-6-4-10-22(24)25(29)28-27-23-11-5-2-8-19-7-1-3-9-21(19)23/h1,3-4,6-7,9-10,12-16H,2,5,8,11,17H2,(H,28,29)/b27-23+. The molecule has 1 amide bonds. The summed E-state index contributed by atoms with van der Waals surface area (Å²) in [6, 6.07) is 21.4. The van der Waals surface area contributed by atoms with E-state index in [0.29, 0.717) is 11.3 Å². The highest BCUT2D eigenvalue weighted by Gasteiger charge is 2.16. The van der Waals surface area contributed by atoms with Crippen LogP contribution in [0.3, 0.4) is 0 Å². The maximum Gasteiger partial charge on any atom is 0.275 e. The first kappa shape index (κ1) is 19.8. The van der Waals surface area contributed by atoms with E-state index < -0.39 is 0 Å². The van der Waals surface area contributed by atoms with Gasteiger partial charge in [0.05, 0.1) is 11.3 Å². The molecule has 0 radical (unpaired) electrons. The minimum absolute atomic E-state index is 0.243. The molecule has 0 aliphatic heterocycles. The van der Waals surface area contributed by atoms with E-state index in [0.717, 1.165) is 42.5 Å². The Morgan fingerprint density at radius 2 is 1.67 bits per heavy atom. The van der Waals surface area contributed by atoms with Crippen LogP contribution in [0, 0.1) is 5.82 Å². The summed E-state index contributed by atoms with van der Waals surface area (Å²) in [6.45, 7) is 0.243. The summed E-state index contributed by atoms with van der Waals surface area (Å²) in [7, 11) is 0. The average Bonchev–Trinajstić information content (AvgIpc) is 2.99. The number of halogens is 1. The molecule has 152 valence electrons. The second kappa shape index (κ2) is 9.35. The van der Waals surface area contributed by atoms with Crippen molar-refractivity contribution in [3.8, 4) is 5.75 Å². The number of carbonyl (C=O) groups excluding carboxylic acids is 1. The molecule has 1 aliphatic carbocycles. The van der Waals surface area contributed by atoms with Gasteiger partial charge in [-0.25, -0.2) is 9.82 Å². The summed E-state index contributed by atoms with van der Waals surface area (Å²) in [5.41, 5.74) is 7.21. The molecule has 4 rings (SSSR count). The van der Waals surface area contributed by atoms with Crippen molar-refractivity contribution in [3.63, 3.8) is 0 Å². The molecule has 0 saturated heterocycles. The normalized spacial score (nSPS) is 14.6. The van der Waals surface area contributed by atoms with Crippen LogP contribution in [0.4, 0.5) is 4.39 Å². The molecule has 0 bridgehead atoms. The second-order valence-electron chi connectivity index (χ2n) is 7.27. The lowest BCUT2D eigenvalue weighted by Gasteiger charge is -2.11. The molecular weight excluding hydrogens is 379 g/mol. The number of carbonyl (C=O) groups is 1. The van der Waals surface area contributed by atoms with Gasteiger partial charge in [0, 0.05) is 5.56 Å². The van der Waals surface area contributed by atoms with Gasteiger partial charge in [0.2, 0.25) is 0 Å². The van der Waals surface area contributed by atoms with E-state index in [9.17, 15) is 9.18 Å². The molecule has 5 heteroatoms. The van der Waals surface area contributed by atoms with Crippen LogP contribution in [0.25, 0.3) is 0 Å². The van der Waals surface area contributed by atoms with Crippen molar-refractivity contribution in [1.82, 2.24) is 5.43 Å². The van der Waals surface area contributed by atoms with Gasteiger partial charge >= 0.3 is 0 Å². The van der Waals surface area contributed by atoms with Gasteiger partial charge in [-0.3, -0.25) is 4.79 Å². The monoisotopic (exact) mass is 402 g/mol. The fourth-order valence-electron chi connectivity index (χ4n) is 3.58. The molecule has 0 saturated carbocycles. The van der Waals surface area contributed by atoms with Gasteiger partial charge in [-0.1, -0.05) is 48.5 Å². The number of hydrazone groups is 1. The molecule has 0 spiro atoms. The van der Waals surface area contributed by atoms with Crippen molar-refractivity contribution in [3.05, 3.63) is 101 Å². The predicted molar refractivity (Wildman–Crippen MR) is 115 cm³/mol. The summed E-state index contributed by atoms with van der Waals surface area (Å²) in [6.07, 6.45) is 4.02. The topological polar surface area (TPSA) is 50.7 Å². The van der Waals surface area contributed by atoms with Crippen molar-refractivity contribution in [2.75, 3.05) is 0 Å². The number of nitrogens with zero attached hydrogens (tertiary/aromatic N) is 1. The predicted octanol–water partition coefficient (Wildman–Crippen LogP) is 5.27. The number of benzene rings is 3. The van der Waals surface area contributed by atoms with Crippen LogP contribution in [0.5, 0.6) is 5.75 Å². The van der Waals surface area contributed by atoms with Crippen LogP contribution in [-0.4, -0.2) is 11.6 Å². The third-order valence-electron chi connectivity index (χ3n) is 5.17. The zero-order valence-electron chi connectivity index (χ0n) is 16.6. The summed E-state index contributed by atoms with van der Waals surface area (Å²) in [5.74, 6) is -0.155. The van der Waals surface area contributed by atoms with E-state index >= 15 is 0 Å². The lowest BCUT2D eigenvalue weighted by atomic mass is 10.0. The number of aryl methyl sites for hydroxylation is 1. The second-order valence-corrected chi connectivity index (χ2v) is 7.27. The number of hydrogen-bond donors (Lipinski definition) is 1. The van der Waals surface area contributed by atoms with Gasteiger partial charge in [0.25, 0.3) is 5.91 Å². The van der Waals surface area contributed by atoms with E-state index in [-0.39, 0.29) is 18.3 Å². The van der Waals surface area contributed by atoms with Crippen molar-refractivity contribution in [1.29, 1.82) is 0 Å². The van der Waals surface area contributed by atoms with E-state index in [1.165, 1.54) is 17.7 Å². The molecule has 0 atom stereocenters. The number of rotatable bonds is 5. The first-order chi connectivity index (χ1) is 14.7. The SMILES string of the molecule is O=C(N/N=C1\CCCCc2ccccc21)c1ccccc1OCc1ccc(F)cc1. The molecule has 30 heavy (non-hydrogen) atoms. The number of para-hydroxylation sites is 1. The molecule has 3 aromatic rings. The quantitative estimate of drug-likeness (QED) is 0.467. The van der Waals surface area contributed by atoms with E-state index in [4.69, 9.17) is 4.74 Å². The first-order valence-electron chi connectivity index (χ1n) is 10.1. The summed E-state index contributed by atoms with van der Waals surface area (Å²) in [4.78, 5) is 12.8. The van der Waals surface area contributed by atoms with Gasteiger partial charge < -0.3 is 4.74 Å². The highest BCUT2D eigenvalue weighted by molar-refractivity contribution is 6.04. The molecule has 1 N–H and O–H groups in total. The maximum absolute atomic E-state index is 13.1. The Morgan fingerprint density at radius 3 is 2.53 bits per heavy atom. The maximum atomic E-state index is 13.1. The summed E-state index contributed by atoms with van der Waals surface area (Å²) in [5, 5.41) is 4.45. The van der Waals surface area contributed by atoms with E-state index in [1.54, 1.807) is 30.3 Å². The van der Waals surface area contributed by atoms with Crippen LogP contribution >= 0.6 is 0 Å². The number of amides is 1. The molecule has 0 aromatic heterocycles. The van der Waals surface area contributed by atoms with Gasteiger partial charge in [-0.05, 0) is 61.1 Å². The smallest absolute Gasteiger partial charge is 0.275 e. The molecule has 0 unspecified atom stereocenters. The zero-order valence-corrected chi connectivity index (χ0v) is 16.6. The van der Waals surface area contributed by atoms with Crippen molar-refractivity contribution >= 4 is 11.6 Å². The molecular formula is C25H23FN2O2. The largest absolute Gasteiger partial charge is 0.488 e. The summed E-state index contributed by atoms with van der Waals surface area (Å²) < 4.78 is 18.9. The van der Waals surface area contributed by atoms with Crippen molar-refractivity contribution in [2.24, 2.45) is 5.10 Å². The minimum Gasteiger partial charge on any atom is -0.488 e. The van der Waals surface area contributed by atoms with E-state index in [2.05, 4.69) is 22.7 Å². The Kier molecular flexibility index (Phi) is 6.18. The number of fused-ring (bicyclic) bond motifs is 1. The zero-order chi connectivity index (χ0) is 20.8. The highest BCUT2D eigenvalue weighted by Crippen LogP contribution is 2.22. The molecule has 4 nitrogen and oxygen atoms in total. The Balaban J connectivity index is 1.49. The molecule has 3 aromatic carbocycles. The molecule has 0 heterocycles. The van der Waals surface area contributed by atoms with Gasteiger partial charge in [0.1, 0.15) is 18.2 Å². The lowest BCUT2D eigenvalue weighted by molar-refractivity contribution is 0.0950. The Morgan fingerprint density at radius 1 is 0.933 bits per heavy atom. The lowest BCUT2D eigenvalue weighted by Crippen LogP contribution is -2.21. The van der Waals surface area contributed by atoms with Crippen LogP contribution < -0.4 is 10.2 Å². The third kappa shape index (κ3) is 4.74. The summed E-state index contributed by atoms with van der Waals surface area (Å²) >= 11 is 0. The Labute approximate surface area is 175 Å². The highest BCUT2D eigenvalue weighted by atomic mass is 19.1. The fraction of sp³-hybridized carbons (Fsp3) is 0.200. The van der Waals surface area contributed by atoms with Crippen molar-refractivity contribution < 1.29 is 13.9 Å². The van der Waals surface area contributed by atoms with Crippen molar-refractivity contribution in [2.45, 2.75) is 32.3 Å². The van der Waals surface area contributed by atoms with Gasteiger partial charge in [0.15, 0.2) is 0 Å². The minimum atomic E-state index is -0.320. The number of nitrogens with one attached hydrogen (secondary N) is 1. The van der Waals surface area contributed by atoms with E-state index in [1.807, 2.05) is 18.2 Å². The van der Waals surface area contributed by atoms with Gasteiger partial charge in [-0.15, -0.1) is 0 Å². The van der Waals surface area contributed by atoms with Crippen LogP contribution in [0.1, 0.15) is 46.3 Å².